The molecular formula is C16H15FN2O3. The third kappa shape index (κ3) is 3.82. The Morgan fingerprint density at radius 3 is 2.59 bits per heavy atom. The van der Waals surface area contributed by atoms with Gasteiger partial charge in [0.15, 0.2) is 0 Å². The number of hydrogen-bond acceptors (Lipinski definition) is 3. The minimum atomic E-state index is -0.972. The highest BCUT2D eigenvalue weighted by atomic mass is 19.1. The number of carbonyl (C=O) groups excluding carboxylic acids is 2. The second kappa shape index (κ2) is 6.71. The molecule has 2 aromatic carbocycles. The molecule has 5 nitrogen and oxygen atoms in total. The average molecular weight is 302 g/mol. The summed E-state index contributed by atoms with van der Waals surface area (Å²) in [4.78, 5) is 23.4. The van der Waals surface area contributed by atoms with Gasteiger partial charge in [0.25, 0.3) is 0 Å². The van der Waals surface area contributed by atoms with Crippen LogP contribution >= 0.6 is 0 Å². The van der Waals surface area contributed by atoms with Crippen LogP contribution in [0.2, 0.25) is 0 Å². The topological polar surface area (TPSA) is 78.4 Å². The number of anilines is 1. The van der Waals surface area contributed by atoms with Gasteiger partial charge in [-0.15, -0.1) is 0 Å². The highest BCUT2D eigenvalue weighted by Gasteiger charge is 2.15. The summed E-state index contributed by atoms with van der Waals surface area (Å²) in [5.74, 6) is -2.48. The molecule has 0 spiro atoms. The molecule has 0 saturated heterocycles. The molecule has 22 heavy (non-hydrogen) atoms. The van der Waals surface area contributed by atoms with E-state index in [4.69, 9.17) is 0 Å². The van der Waals surface area contributed by atoms with Gasteiger partial charge in [0.1, 0.15) is 11.6 Å². The van der Waals surface area contributed by atoms with Crippen LogP contribution in [-0.4, -0.2) is 16.9 Å². The van der Waals surface area contributed by atoms with Gasteiger partial charge in [0.2, 0.25) is 0 Å². The van der Waals surface area contributed by atoms with Crippen LogP contribution in [0.15, 0.2) is 42.5 Å². The van der Waals surface area contributed by atoms with Gasteiger partial charge < -0.3 is 15.7 Å². The second-order valence-corrected chi connectivity index (χ2v) is 4.75. The maximum Gasteiger partial charge on any atom is 0.313 e. The monoisotopic (exact) mass is 302 g/mol. The first kappa shape index (κ1) is 15.5. The largest absolute Gasteiger partial charge is 0.508 e. The van der Waals surface area contributed by atoms with Gasteiger partial charge in [-0.05, 0) is 30.7 Å². The van der Waals surface area contributed by atoms with Crippen LogP contribution in [0, 0.1) is 12.7 Å². The van der Waals surface area contributed by atoms with Crippen molar-refractivity contribution in [1.29, 1.82) is 0 Å². The first-order valence-electron chi connectivity index (χ1n) is 6.59. The van der Waals surface area contributed by atoms with Gasteiger partial charge in [-0.2, -0.15) is 0 Å². The van der Waals surface area contributed by atoms with Gasteiger partial charge >= 0.3 is 11.8 Å². The Morgan fingerprint density at radius 2 is 1.86 bits per heavy atom. The van der Waals surface area contributed by atoms with Gasteiger partial charge in [0, 0.05) is 12.1 Å². The molecular weight excluding hydrogens is 287 g/mol. The molecule has 0 bridgehead atoms. The maximum atomic E-state index is 13.5. The fraction of sp³-hybridized carbons (Fsp3) is 0.125. The molecule has 2 aromatic rings. The summed E-state index contributed by atoms with van der Waals surface area (Å²) >= 11 is 0. The van der Waals surface area contributed by atoms with Crippen LogP contribution in [-0.2, 0) is 16.1 Å². The molecule has 0 radical (unpaired) electrons. The fourth-order valence-corrected chi connectivity index (χ4v) is 1.83. The number of phenolic OH excluding ortho intramolecular Hbond substituents is 1. The molecule has 0 aromatic heterocycles. The van der Waals surface area contributed by atoms with Crippen molar-refractivity contribution in [3.8, 4) is 5.75 Å². The zero-order valence-corrected chi connectivity index (χ0v) is 11.9. The zero-order chi connectivity index (χ0) is 16.1. The van der Waals surface area contributed by atoms with Crippen LogP contribution in [0.4, 0.5) is 10.1 Å². The summed E-state index contributed by atoms with van der Waals surface area (Å²) in [6.45, 7) is 1.74. The normalized spacial score (nSPS) is 10.1. The number of rotatable bonds is 3. The van der Waals surface area contributed by atoms with E-state index in [1.807, 2.05) is 0 Å². The molecule has 0 aliphatic carbocycles. The Kier molecular flexibility index (Phi) is 4.73. The number of carbonyl (C=O) groups is 2. The number of aromatic hydroxyl groups is 1. The van der Waals surface area contributed by atoms with Crippen molar-refractivity contribution in [3.05, 3.63) is 59.4 Å². The van der Waals surface area contributed by atoms with Crippen molar-refractivity contribution in [2.45, 2.75) is 13.5 Å². The van der Waals surface area contributed by atoms with Crippen molar-refractivity contribution >= 4 is 17.5 Å². The molecule has 0 unspecified atom stereocenters. The van der Waals surface area contributed by atoms with Crippen LogP contribution in [0.25, 0.3) is 0 Å². The Balaban J connectivity index is 1.97. The lowest BCUT2D eigenvalue weighted by Gasteiger charge is -2.09. The van der Waals surface area contributed by atoms with Crippen molar-refractivity contribution in [2.75, 3.05) is 5.32 Å². The van der Waals surface area contributed by atoms with E-state index in [1.165, 1.54) is 18.2 Å². The number of nitrogens with one attached hydrogen (secondary N) is 2. The number of amides is 2. The highest BCUT2D eigenvalue weighted by Crippen LogP contribution is 2.16. The summed E-state index contributed by atoms with van der Waals surface area (Å²) < 4.78 is 13.5. The van der Waals surface area contributed by atoms with Crippen molar-refractivity contribution in [3.63, 3.8) is 0 Å². The van der Waals surface area contributed by atoms with Crippen molar-refractivity contribution in [1.82, 2.24) is 5.32 Å². The number of aryl methyl sites for hydroxylation is 1. The lowest BCUT2D eigenvalue weighted by Crippen LogP contribution is -2.35. The summed E-state index contributed by atoms with van der Waals surface area (Å²) in [6, 6.07) is 10.6. The van der Waals surface area contributed by atoms with Crippen molar-refractivity contribution < 1.29 is 19.1 Å². The van der Waals surface area contributed by atoms with Crippen LogP contribution < -0.4 is 10.6 Å². The summed E-state index contributed by atoms with van der Waals surface area (Å²) in [5, 5.41) is 14.1. The van der Waals surface area contributed by atoms with E-state index in [9.17, 15) is 19.1 Å². The van der Waals surface area contributed by atoms with Crippen molar-refractivity contribution in [2.24, 2.45) is 0 Å². The molecule has 3 N–H and O–H groups in total. The third-order valence-electron chi connectivity index (χ3n) is 3.01. The van der Waals surface area contributed by atoms with Gasteiger partial charge in [0.05, 0.1) is 5.69 Å². The van der Waals surface area contributed by atoms with Gasteiger partial charge in [-0.25, -0.2) is 4.39 Å². The maximum absolute atomic E-state index is 13.5. The number of halogens is 1. The fourth-order valence-electron chi connectivity index (χ4n) is 1.83. The first-order valence-corrected chi connectivity index (χ1v) is 6.59. The van der Waals surface area contributed by atoms with E-state index in [-0.39, 0.29) is 18.0 Å². The minimum Gasteiger partial charge on any atom is -0.508 e. The van der Waals surface area contributed by atoms with E-state index in [0.717, 1.165) is 5.56 Å². The molecule has 114 valence electrons. The standard InChI is InChI=1S/C16H15FN2O3/c1-10-6-7-12(17)13(8-10)19-16(22)15(21)18-9-11-4-2-3-5-14(11)20/h2-8,20H,9H2,1H3,(H,18,21)(H,19,22). The molecule has 0 aliphatic rings. The third-order valence-corrected chi connectivity index (χ3v) is 3.01. The first-order chi connectivity index (χ1) is 10.5. The molecule has 2 rings (SSSR count). The molecule has 0 aliphatic heterocycles. The lowest BCUT2D eigenvalue weighted by atomic mass is 10.2. The Morgan fingerprint density at radius 1 is 1.14 bits per heavy atom. The molecule has 0 fully saturated rings. The summed E-state index contributed by atoms with van der Waals surface area (Å²) in [5.41, 5.74) is 1.18. The Bertz CT molecular complexity index is 716. The number of para-hydroxylation sites is 1. The number of phenols is 1. The molecule has 6 heteroatoms. The van der Waals surface area contributed by atoms with Crippen LogP contribution in [0.5, 0.6) is 5.75 Å². The van der Waals surface area contributed by atoms with E-state index in [0.29, 0.717) is 5.56 Å². The molecule has 2 amide bonds. The van der Waals surface area contributed by atoms with E-state index in [2.05, 4.69) is 10.6 Å². The van der Waals surface area contributed by atoms with Gasteiger partial charge in [-0.1, -0.05) is 24.3 Å². The van der Waals surface area contributed by atoms with E-state index >= 15 is 0 Å². The Hall–Kier alpha value is -2.89. The molecule has 0 atom stereocenters. The zero-order valence-electron chi connectivity index (χ0n) is 11.9. The SMILES string of the molecule is Cc1ccc(F)c(NC(=O)C(=O)NCc2ccccc2O)c1. The van der Waals surface area contributed by atoms with E-state index in [1.54, 1.807) is 31.2 Å². The lowest BCUT2D eigenvalue weighted by molar-refractivity contribution is -0.136. The highest BCUT2D eigenvalue weighted by molar-refractivity contribution is 6.39. The Labute approximate surface area is 126 Å². The predicted octanol–water partition coefficient (Wildman–Crippen LogP) is 2.09. The van der Waals surface area contributed by atoms with E-state index < -0.39 is 17.6 Å². The quantitative estimate of drug-likeness (QED) is 0.760. The average Bonchev–Trinajstić information content (AvgIpc) is 2.49. The number of hydrogen-bond donors (Lipinski definition) is 3. The smallest absolute Gasteiger partial charge is 0.313 e. The molecule has 0 heterocycles. The van der Waals surface area contributed by atoms with Crippen LogP contribution in [0.1, 0.15) is 11.1 Å². The van der Waals surface area contributed by atoms with Gasteiger partial charge in [-0.3, -0.25) is 9.59 Å². The predicted molar refractivity (Wildman–Crippen MR) is 79.7 cm³/mol. The number of benzene rings is 2. The van der Waals surface area contributed by atoms with Crippen LogP contribution in [0.3, 0.4) is 0 Å². The summed E-state index contributed by atoms with van der Waals surface area (Å²) in [7, 11) is 0. The summed E-state index contributed by atoms with van der Waals surface area (Å²) in [6.07, 6.45) is 0. The second-order valence-electron chi connectivity index (χ2n) is 4.75. The molecule has 0 saturated carbocycles. The minimum absolute atomic E-state index is 0.00474.